The summed E-state index contributed by atoms with van der Waals surface area (Å²) < 4.78 is 0. The van der Waals surface area contributed by atoms with Crippen LogP contribution in [0.25, 0.3) is 0 Å². The lowest BCUT2D eigenvalue weighted by Gasteiger charge is -2.13. The van der Waals surface area contributed by atoms with Crippen molar-refractivity contribution in [3.63, 3.8) is 0 Å². The maximum absolute atomic E-state index is 11.1. The Hall–Kier alpha value is -1.02. The van der Waals surface area contributed by atoms with Crippen molar-refractivity contribution in [2.24, 2.45) is 0 Å². The maximum Gasteiger partial charge on any atom is 0.220 e. The van der Waals surface area contributed by atoms with Crippen LogP contribution in [0.15, 0.2) is 24.3 Å². The van der Waals surface area contributed by atoms with Crippen LogP contribution in [0.1, 0.15) is 31.9 Å². The fraction of sp³-hybridized carbons (Fsp3) is 0.364. The van der Waals surface area contributed by atoms with Crippen LogP contribution in [-0.4, -0.2) is 5.91 Å². The van der Waals surface area contributed by atoms with Gasteiger partial charge in [0.15, 0.2) is 0 Å². The lowest BCUT2D eigenvalue weighted by atomic mass is 10.1. The molecular formula is C11H14ClNO. The van der Waals surface area contributed by atoms with Crippen LogP contribution >= 0.6 is 11.6 Å². The molecule has 1 atom stereocenters. The molecule has 0 spiro atoms. The van der Waals surface area contributed by atoms with E-state index in [-0.39, 0.29) is 11.9 Å². The lowest BCUT2D eigenvalue weighted by molar-refractivity contribution is -0.121. The normalized spacial score (nSPS) is 12.2. The summed E-state index contributed by atoms with van der Waals surface area (Å²) in [5, 5.41) is 3.57. The van der Waals surface area contributed by atoms with Gasteiger partial charge in [-0.3, -0.25) is 4.79 Å². The fourth-order valence-corrected chi connectivity index (χ4v) is 1.40. The first-order valence-electron chi connectivity index (χ1n) is 4.68. The summed E-state index contributed by atoms with van der Waals surface area (Å²) in [5.74, 6) is 0.0532. The van der Waals surface area contributed by atoms with Gasteiger partial charge in [0.1, 0.15) is 0 Å². The number of hydrogen-bond donors (Lipinski definition) is 1. The van der Waals surface area contributed by atoms with Crippen molar-refractivity contribution in [3.8, 4) is 0 Å². The molecular weight excluding hydrogens is 198 g/mol. The first-order valence-corrected chi connectivity index (χ1v) is 5.06. The second-order valence-electron chi connectivity index (χ2n) is 3.20. The molecule has 0 saturated heterocycles. The van der Waals surface area contributed by atoms with Gasteiger partial charge < -0.3 is 5.32 Å². The molecule has 1 aromatic carbocycles. The van der Waals surface area contributed by atoms with Crippen LogP contribution in [0.4, 0.5) is 0 Å². The van der Waals surface area contributed by atoms with Gasteiger partial charge in [0, 0.05) is 11.4 Å². The van der Waals surface area contributed by atoms with Crippen molar-refractivity contribution >= 4 is 17.5 Å². The van der Waals surface area contributed by atoms with Crippen molar-refractivity contribution in [2.75, 3.05) is 0 Å². The van der Waals surface area contributed by atoms with Crippen LogP contribution in [0.2, 0.25) is 5.02 Å². The summed E-state index contributed by atoms with van der Waals surface area (Å²) in [5.41, 5.74) is 1.03. The van der Waals surface area contributed by atoms with Gasteiger partial charge in [-0.2, -0.15) is 0 Å². The third kappa shape index (κ3) is 3.04. The van der Waals surface area contributed by atoms with Gasteiger partial charge in [-0.1, -0.05) is 30.7 Å². The molecule has 1 rings (SSSR count). The average Bonchev–Trinajstić information content (AvgIpc) is 2.17. The summed E-state index contributed by atoms with van der Waals surface area (Å²) >= 11 is 5.85. The molecule has 0 heterocycles. The van der Waals surface area contributed by atoms with E-state index in [1.807, 2.05) is 38.1 Å². The van der Waals surface area contributed by atoms with Crippen LogP contribution in [-0.2, 0) is 4.79 Å². The molecule has 0 saturated carbocycles. The Morgan fingerprint density at radius 2 is 2.29 bits per heavy atom. The third-order valence-electron chi connectivity index (χ3n) is 2.05. The molecule has 0 fully saturated rings. The summed E-state index contributed by atoms with van der Waals surface area (Å²) in [4.78, 5) is 11.1. The zero-order valence-corrected chi connectivity index (χ0v) is 9.14. The number of hydrogen-bond acceptors (Lipinski definition) is 1. The predicted octanol–water partition coefficient (Wildman–Crippen LogP) is 2.93. The van der Waals surface area contributed by atoms with Crippen LogP contribution in [0.5, 0.6) is 0 Å². The average molecular weight is 212 g/mol. The fourth-order valence-electron chi connectivity index (χ4n) is 1.20. The molecule has 0 aliphatic rings. The van der Waals surface area contributed by atoms with Crippen LogP contribution in [0, 0.1) is 0 Å². The van der Waals surface area contributed by atoms with Crippen LogP contribution in [0.3, 0.4) is 0 Å². The Bertz CT molecular complexity index is 325. The Labute approximate surface area is 89.3 Å². The molecule has 2 nitrogen and oxygen atoms in total. The minimum Gasteiger partial charge on any atom is -0.350 e. The molecule has 3 heteroatoms. The largest absolute Gasteiger partial charge is 0.350 e. The number of nitrogens with one attached hydrogen (secondary N) is 1. The first-order chi connectivity index (χ1) is 6.63. The molecule has 76 valence electrons. The monoisotopic (exact) mass is 211 g/mol. The molecule has 0 aromatic heterocycles. The van der Waals surface area contributed by atoms with E-state index < -0.39 is 0 Å². The minimum absolute atomic E-state index is 0.0150. The van der Waals surface area contributed by atoms with E-state index in [0.29, 0.717) is 11.4 Å². The second-order valence-corrected chi connectivity index (χ2v) is 3.63. The summed E-state index contributed by atoms with van der Waals surface area (Å²) in [7, 11) is 0. The van der Waals surface area contributed by atoms with E-state index in [9.17, 15) is 4.79 Å². The summed E-state index contributed by atoms with van der Waals surface area (Å²) in [6.45, 7) is 3.78. The number of benzene rings is 1. The van der Waals surface area contributed by atoms with Crippen molar-refractivity contribution in [2.45, 2.75) is 26.3 Å². The lowest BCUT2D eigenvalue weighted by Crippen LogP contribution is -2.25. The molecule has 1 aromatic rings. The number of carbonyl (C=O) groups is 1. The zero-order valence-electron chi connectivity index (χ0n) is 8.38. The van der Waals surface area contributed by atoms with E-state index in [1.165, 1.54) is 0 Å². The Morgan fingerprint density at radius 1 is 1.57 bits per heavy atom. The third-order valence-corrected chi connectivity index (χ3v) is 2.28. The highest BCUT2D eigenvalue weighted by atomic mass is 35.5. The Kier molecular flexibility index (Phi) is 3.96. The molecule has 0 bridgehead atoms. The highest BCUT2D eigenvalue weighted by Crippen LogP contribution is 2.17. The molecule has 0 aliphatic heterocycles. The van der Waals surface area contributed by atoms with Gasteiger partial charge >= 0.3 is 0 Å². The van der Waals surface area contributed by atoms with Gasteiger partial charge in [-0.05, 0) is 24.6 Å². The number of halogens is 1. The van der Waals surface area contributed by atoms with Gasteiger partial charge in [0.05, 0.1) is 6.04 Å². The number of carbonyl (C=O) groups excluding carboxylic acids is 1. The Balaban J connectivity index is 2.69. The number of rotatable bonds is 3. The smallest absolute Gasteiger partial charge is 0.220 e. The predicted molar refractivity (Wildman–Crippen MR) is 58.3 cm³/mol. The topological polar surface area (TPSA) is 29.1 Å². The quantitative estimate of drug-likeness (QED) is 0.819. The standard InChI is InChI=1S/C11H14ClNO/c1-3-11(14)13-8(2)9-5-4-6-10(12)7-9/h4-8H,3H2,1-2H3,(H,13,14)/t8-/m1/s1. The van der Waals surface area contributed by atoms with Gasteiger partial charge in [0.2, 0.25) is 5.91 Å². The van der Waals surface area contributed by atoms with E-state index >= 15 is 0 Å². The minimum atomic E-state index is 0.0150. The summed E-state index contributed by atoms with van der Waals surface area (Å²) in [6, 6.07) is 7.53. The van der Waals surface area contributed by atoms with E-state index in [1.54, 1.807) is 0 Å². The molecule has 0 aliphatic carbocycles. The molecule has 0 unspecified atom stereocenters. The summed E-state index contributed by atoms with van der Waals surface area (Å²) in [6.07, 6.45) is 0.505. The highest BCUT2D eigenvalue weighted by molar-refractivity contribution is 6.30. The van der Waals surface area contributed by atoms with Crippen LogP contribution < -0.4 is 5.32 Å². The maximum atomic E-state index is 11.1. The zero-order chi connectivity index (χ0) is 10.6. The first kappa shape index (κ1) is 11.1. The van der Waals surface area contributed by atoms with Gasteiger partial charge in [-0.15, -0.1) is 0 Å². The van der Waals surface area contributed by atoms with Crippen molar-refractivity contribution in [1.29, 1.82) is 0 Å². The van der Waals surface area contributed by atoms with E-state index in [2.05, 4.69) is 5.32 Å². The van der Waals surface area contributed by atoms with Crippen molar-refractivity contribution < 1.29 is 4.79 Å². The van der Waals surface area contributed by atoms with Crippen molar-refractivity contribution in [3.05, 3.63) is 34.9 Å². The molecule has 14 heavy (non-hydrogen) atoms. The Morgan fingerprint density at radius 3 is 2.86 bits per heavy atom. The molecule has 1 amide bonds. The highest BCUT2D eigenvalue weighted by Gasteiger charge is 2.07. The number of amides is 1. The molecule has 0 radical (unpaired) electrons. The van der Waals surface area contributed by atoms with Crippen molar-refractivity contribution in [1.82, 2.24) is 5.32 Å². The second kappa shape index (κ2) is 5.01. The van der Waals surface area contributed by atoms with Gasteiger partial charge in [-0.25, -0.2) is 0 Å². The van der Waals surface area contributed by atoms with E-state index in [4.69, 9.17) is 11.6 Å². The van der Waals surface area contributed by atoms with E-state index in [0.717, 1.165) is 5.56 Å². The molecule has 1 N–H and O–H groups in total. The van der Waals surface area contributed by atoms with Gasteiger partial charge in [0.25, 0.3) is 0 Å². The SMILES string of the molecule is CCC(=O)N[C@H](C)c1cccc(Cl)c1.